The lowest BCUT2D eigenvalue weighted by atomic mass is 10.0. The Kier molecular flexibility index (Phi) is 8.15. The zero-order valence-electron chi connectivity index (χ0n) is 20.1. The standard InChI is InChI=1S/C26H31NO7/c1-15(2)25(29)33-14-32-23-20(11-8-12-21(23)31-5)24(28)27-17(4)26(30)34-22-13-18-9-6-7-10-19(18)16(22)3/h6-12,15-17,22H,13-14H2,1-5H3,(H,27,28)/t16?,17-,22?/m0/s1. The van der Waals surface area contributed by atoms with Crippen molar-refractivity contribution in [1.29, 1.82) is 0 Å². The molecule has 1 amide bonds. The van der Waals surface area contributed by atoms with E-state index in [0.717, 1.165) is 0 Å². The summed E-state index contributed by atoms with van der Waals surface area (Å²) >= 11 is 0. The van der Waals surface area contributed by atoms with Crippen molar-refractivity contribution in [2.75, 3.05) is 13.9 Å². The van der Waals surface area contributed by atoms with E-state index < -0.39 is 23.9 Å². The van der Waals surface area contributed by atoms with Crippen LogP contribution in [-0.4, -0.2) is 43.9 Å². The number of esters is 2. The normalized spacial score (nSPS) is 17.5. The first-order chi connectivity index (χ1) is 16.2. The molecule has 1 aliphatic carbocycles. The summed E-state index contributed by atoms with van der Waals surface area (Å²) in [6, 6.07) is 11.9. The van der Waals surface area contributed by atoms with Gasteiger partial charge in [0.1, 0.15) is 12.1 Å². The van der Waals surface area contributed by atoms with Crippen LogP contribution in [0.15, 0.2) is 42.5 Å². The second-order valence-corrected chi connectivity index (χ2v) is 8.58. The quantitative estimate of drug-likeness (QED) is 0.442. The summed E-state index contributed by atoms with van der Waals surface area (Å²) in [5.74, 6) is -1.33. The van der Waals surface area contributed by atoms with Gasteiger partial charge in [0.15, 0.2) is 11.5 Å². The fourth-order valence-corrected chi connectivity index (χ4v) is 3.80. The van der Waals surface area contributed by atoms with E-state index in [0.29, 0.717) is 12.2 Å². The Morgan fingerprint density at radius 1 is 1.03 bits per heavy atom. The third-order valence-corrected chi connectivity index (χ3v) is 5.81. The van der Waals surface area contributed by atoms with E-state index in [4.69, 9.17) is 18.9 Å². The van der Waals surface area contributed by atoms with E-state index in [2.05, 4.69) is 5.32 Å². The molecule has 2 unspecified atom stereocenters. The maximum absolute atomic E-state index is 13.0. The molecular weight excluding hydrogens is 438 g/mol. The molecule has 3 atom stereocenters. The molecule has 0 heterocycles. The number of fused-ring (bicyclic) bond motifs is 1. The Balaban J connectivity index is 1.64. The van der Waals surface area contributed by atoms with Crippen molar-refractivity contribution in [1.82, 2.24) is 5.32 Å². The van der Waals surface area contributed by atoms with Gasteiger partial charge in [-0.1, -0.05) is 51.1 Å². The fraction of sp³-hybridized carbons (Fsp3) is 0.423. The highest BCUT2D eigenvalue weighted by atomic mass is 16.7. The zero-order valence-corrected chi connectivity index (χ0v) is 20.1. The van der Waals surface area contributed by atoms with Gasteiger partial charge in [-0.3, -0.25) is 9.59 Å². The summed E-state index contributed by atoms with van der Waals surface area (Å²) in [6.07, 6.45) is 0.364. The first-order valence-corrected chi connectivity index (χ1v) is 11.3. The smallest absolute Gasteiger partial charge is 0.328 e. The van der Waals surface area contributed by atoms with Crippen molar-refractivity contribution in [3.63, 3.8) is 0 Å². The van der Waals surface area contributed by atoms with Crippen molar-refractivity contribution in [3.8, 4) is 11.5 Å². The molecule has 8 heteroatoms. The topological polar surface area (TPSA) is 100 Å². The summed E-state index contributed by atoms with van der Waals surface area (Å²) < 4.78 is 21.6. The van der Waals surface area contributed by atoms with Crippen LogP contribution in [0.3, 0.4) is 0 Å². The van der Waals surface area contributed by atoms with Crippen LogP contribution in [0.4, 0.5) is 0 Å². The van der Waals surface area contributed by atoms with Gasteiger partial charge in [0.25, 0.3) is 5.91 Å². The number of nitrogens with one attached hydrogen (secondary N) is 1. The molecule has 2 aromatic carbocycles. The van der Waals surface area contributed by atoms with E-state index in [9.17, 15) is 14.4 Å². The van der Waals surface area contributed by atoms with Crippen LogP contribution >= 0.6 is 0 Å². The molecule has 8 nitrogen and oxygen atoms in total. The molecule has 1 aliphatic rings. The summed E-state index contributed by atoms with van der Waals surface area (Å²) in [6.45, 7) is 6.62. The van der Waals surface area contributed by atoms with E-state index >= 15 is 0 Å². The van der Waals surface area contributed by atoms with Crippen LogP contribution in [0.5, 0.6) is 11.5 Å². The fourth-order valence-electron chi connectivity index (χ4n) is 3.80. The number of ether oxygens (including phenoxy) is 4. The first kappa shape index (κ1) is 25.1. The molecule has 2 aromatic rings. The highest BCUT2D eigenvalue weighted by molar-refractivity contribution is 5.99. The molecule has 0 aromatic heterocycles. The number of hydrogen-bond acceptors (Lipinski definition) is 7. The van der Waals surface area contributed by atoms with Crippen LogP contribution in [0.1, 0.15) is 55.1 Å². The van der Waals surface area contributed by atoms with E-state index in [1.165, 1.54) is 24.3 Å². The number of methoxy groups -OCH3 is 1. The lowest BCUT2D eigenvalue weighted by Gasteiger charge is -2.21. The highest BCUT2D eigenvalue weighted by Gasteiger charge is 2.33. The second-order valence-electron chi connectivity index (χ2n) is 8.58. The minimum Gasteiger partial charge on any atom is -0.493 e. The Hall–Kier alpha value is -3.55. The minimum atomic E-state index is -0.888. The predicted octanol–water partition coefficient (Wildman–Crippen LogP) is 3.62. The monoisotopic (exact) mass is 469 g/mol. The van der Waals surface area contributed by atoms with Gasteiger partial charge < -0.3 is 24.3 Å². The number of para-hydroxylation sites is 1. The van der Waals surface area contributed by atoms with Gasteiger partial charge in [0, 0.05) is 12.3 Å². The molecule has 0 saturated carbocycles. The van der Waals surface area contributed by atoms with Gasteiger partial charge in [-0.15, -0.1) is 0 Å². The van der Waals surface area contributed by atoms with Gasteiger partial charge in [-0.25, -0.2) is 4.79 Å². The summed E-state index contributed by atoms with van der Waals surface area (Å²) in [7, 11) is 1.44. The molecular formula is C26H31NO7. The van der Waals surface area contributed by atoms with Crippen LogP contribution in [0.2, 0.25) is 0 Å². The maximum Gasteiger partial charge on any atom is 0.328 e. The number of benzene rings is 2. The Bertz CT molecular complexity index is 1050. The van der Waals surface area contributed by atoms with Gasteiger partial charge >= 0.3 is 11.9 Å². The van der Waals surface area contributed by atoms with E-state index in [1.807, 2.05) is 31.2 Å². The van der Waals surface area contributed by atoms with Crippen LogP contribution in [0.25, 0.3) is 0 Å². The summed E-state index contributed by atoms with van der Waals surface area (Å²) in [4.78, 5) is 37.4. The molecule has 0 spiro atoms. The Morgan fingerprint density at radius 3 is 2.44 bits per heavy atom. The third kappa shape index (κ3) is 5.68. The first-order valence-electron chi connectivity index (χ1n) is 11.3. The van der Waals surface area contributed by atoms with Crippen molar-refractivity contribution in [2.45, 2.75) is 52.2 Å². The molecule has 0 saturated heterocycles. The molecule has 0 bridgehead atoms. The Morgan fingerprint density at radius 2 is 1.76 bits per heavy atom. The van der Waals surface area contributed by atoms with Crippen LogP contribution in [0, 0.1) is 5.92 Å². The molecule has 34 heavy (non-hydrogen) atoms. The highest BCUT2D eigenvalue weighted by Crippen LogP contribution is 2.35. The maximum atomic E-state index is 13.0. The molecule has 0 radical (unpaired) electrons. The predicted molar refractivity (Wildman–Crippen MR) is 125 cm³/mol. The lowest BCUT2D eigenvalue weighted by Crippen LogP contribution is -2.41. The summed E-state index contributed by atoms with van der Waals surface area (Å²) in [5.41, 5.74) is 2.48. The average molecular weight is 470 g/mol. The molecule has 0 aliphatic heterocycles. The average Bonchev–Trinajstić information content (AvgIpc) is 3.13. The van der Waals surface area contributed by atoms with Gasteiger partial charge in [-0.05, 0) is 30.2 Å². The SMILES string of the molecule is COc1cccc(C(=O)N[C@@H](C)C(=O)OC2Cc3ccccc3C2C)c1OCOC(=O)C(C)C. The van der Waals surface area contributed by atoms with Crippen LogP contribution < -0.4 is 14.8 Å². The molecule has 182 valence electrons. The van der Waals surface area contributed by atoms with Gasteiger partial charge in [0.2, 0.25) is 6.79 Å². The zero-order chi connectivity index (χ0) is 24.8. The number of rotatable bonds is 9. The molecule has 0 fully saturated rings. The van der Waals surface area contributed by atoms with Gasteiger partial charge in [0.05, 0.1) is 18.6 Å². The van der Waals surface area contributed by atoms with Gasteiger partial charge in [-0.2, -0.15) is 0 Å². The lowest BCUT2D eigenvalue weighted by molar-refractivity contribution is -0.154. The number of hydrogen-bond donors (Lipinski definition) is 1. The summed E-state index contributed by atoms with van der Waals surface area (Å²) in [5, 5.41) is 2.66. The van der Waals surface area contributed by atoms with E-state index in [1.54, 1.807) is 32.9 Å². The van der Waals surface area contributed by atoms with Crippen LogP contribution in [-0.2, 0) is 25.5 Å². The molecule has 3 rings (SSSR count). The number of carbonyl (C=O) groups is 3. The van der Waals surface area contributed by atoms with Crippen molar-refractivity contribution in [2.24, 2.45) is 5.92 Å². The van der Waals surface area contributed by atoms with E-state index in [-0.39, 0.29) is 36.0 Å². The molecule has 1 N–H and O–H groups in total. The number of amides is 1. The van der Waals surface area contributed by atoms with Crippen molar-refractivity contribution >= 4 is 17.8 Å². The minimum absolute atomic E-state index is 0.0787. The van der Waals surface area contributed by atoms with Crippen molar-refractivity contribution in [3.05, 3.63) is 59.2 Å². The Labute approximate surface area is 199 Å². The van der Waals surface area contributed by atoms with Crippen molar-refractivity contribution < 1.29 is 33.3 Å². The largest absolute Gasteiger partial charge is 0.493 e. The second kappa shape index (κ2) is 11.0. The number of carbonyl (C=O) groups excluding carboxylic acids is 3. The third-order valence-electron chi connectivity index (χ3n) is 5.81.